The van der Waals surface area contributed by atoms with Gasteiger partial charge in [-0.25, -0.2) is 0 Å². The van der Waals surface area contributed by atoms with E-state index in [0.717, 1.165) is 29.7 Å². The summed E-state index contributed by atoms with van der Waals surface area (Å²) in [6.07, 6.45) is 1.74. The molecule has 1 amide bonds. The number of carbonyl (C=O) groups excluding carboxylic acids is 1. The Morgan fingerprint density at radius 3 is 2.04 bits per heavy atom. The monoisotopic (exact) mass is 341 g/mol. The van der Waals surface area contributed by atoms with Crippen molar-refractivity contribution in [1.29, 1.82) is 0 Å². The van der Waals surface area contributed by atoms with Gasteiger partial charge in [0.25, 0.3) is 5.91 Å². The molecule has 0 atom stereocenters. The number of nitrogens with one attached hydrogen (secondary N) is 1. The molecule has 0 fully saturated rings. The SMILES string of the molecule is CCOc1ccc(C(=O)Nc2c(CC)cccc2CC)cc1OCC. The molecule has 0 saturated heterocycles. The zero-order valence-corrected chi connectivity index (χ0v) is 15.5. The molecule has 134 valence electrons. The molecule has 0 unspecified atom stereocenters. The van der Waals surface area contributed by atoms with Gasteiger partial charge in [-0.1, -0.05) is 32.0 Å². The first kappa shape index (κ1) is 18.8. The normalized spacial score (nSPS) is 10.4. The van der Waals surface area contributed by atoms with E-state index in [1.807, 2.05) is 19.9 Å². The van der Waals surface area contributed by atoms with E-state index < -0.39 is 0 Å². The van der Waals surface area contributed by atoms with Crippen molar-refractivity contribution in [2.45, 2.75) is 40.5 Å². The maximum absolute atomic E-state index is 12.8. The summed E-state index contributed by atoms with van der Waals surface area (Å²) in [7, 11) is 0. The Balaban J connectivity index is 2.31. The molecule has 0 bridgehead atoms. The maximum atomic E-state index is 12.8. The van der Waals surface area contributed by atoms with E-state index in [2.05, 4.69) is 31.3 Å². The molecule has 0 saturated carbocycles. The van der Waals surface area contributed by atoms with Crippen LogP contribution in [0, 0.1) is 0 Å². The molecular formula is C21H27NO3. The van der Waals surface area contributed by atoms with Gasteiger partial charge in [-0.05, 0) is 56.0 Å². The van der Waals surface area contributed by atoms with Crippen molar-refractivity contribution in [3.8, 4) is 11.5 Å². The molecule has 2 aromatic carbocycles. The van der Waals surface area contributed by atoms with E-state index in [-0.39, 0.29) is 5.91 Å². The number of hydrogen-bond donors (Lipinski definition) is 1. The Bertz CT molecular complexity index is 703. The molecule has 2 rings (SSSR count). The van der Waals surface area contributed by atoms with Crippen LogP contribution in [0.15, 0.2) is 36.4 Å². The number of amides is 1. The number of rotatable bonds is 8. The fourth-order valence-corrected chi connectivity index (χ4v) is 2.78. The maximum Gasteiger partial charge on any atom is 0.255 e. The average molecular weight is 341 g/mol. The van der Waals surface area contributed by atoms with E-state index in [4.69, 9.17) is 9.47 Å². The van der Waals surface area contributed by atoms with Crippen molar-refractivity contribution in [1.82, 2.24) is 0 Å². The predicted molar refractivity (Wildman–Crippen MR) is 102 cm³/mol. The van der Waals surface area contributed by atoms with Gasteiger partial charge in [0, 0.05) is 11.3 Å². The summed E-state index contributed by atoms with van der Waals surface area (Å²) in [6.45, 7) is 9.08. The molecule has 0 spiro atoms. The lowest BCUT2D eigenvalue weighted by molar-refractivity contribution is 0.102. The van der Waals surface area contributed by atoms with Gasteiger partial charge in [0.05, 0.1) is 13.2 Å². The molecule has 0 radical (unpaired) electrons. The lowest BCUT2D eigenvalue weighted by Gasteiger charge is -2.16. The Morgan fingerprint density at radius 2 is 1.48 bits per heavy atom. The third-order valence-corrected chi connectivity index (χ3v) is 4.04. The third kappa shape index (κ3) is 4.53. The Hall–Kier alpha value is -2.49. The first-order valence-electron chi connectivity index (χ1n) is 8.96. The summed E-state index contributed by atoms with van der Waals surface area (Å²) < 4.78 is 11.2. The van der Waals surface area contributed by atoms with Gasteiger partial charge in [-0.3, -0.25) is 4.79 Å². The van der Waals surface area contributed by atoms with Crippen LogP contribution in [0.5, 0.6) is 11.5 Å². The first-order chi connectivity index (χ1) is 12.1. The zero-order chi connectivity index (χ0) is 18.2. The molecule has 0 heterocycles. The van der Waals surface area contributed by atoms with Gasteiger partial charge in [0.2, 0.25) is 0 Å². The number of hydrogen-bond acceptors (Lipinski definition) is 3. The molecule has 0 aliphatic rings. The van der Waals surface area contributed by atoms with E-state index >= 15 is 0 Å². The minimum Gasteiger partial charge on any atom is -0.490 e. The quantitative estimate of drug-likeness (QED) is 0.746. The summed E-state index contributed by atoms with van der Waals surface area (Å²) in [5, 5.41) is 3.08. The topological polar surface area (TPSA) is 47.6 Å². The van der Waals surface area contributed by atoms with Crippen molar-refractivity contribution in [3.63, 3.8) is 0 Å². The number of carbonyl (C=O) groups is 1. The fraction of sp³-hybridized carbons (Fsp3) is 0.381. The lowest BCUT2D eigenvalue weighted by Crippen LogP contribution is -2.15. The molecule has 2 aromatic rings. The highest BCUT2D eigenvalue weighted by Gasteiger charge is 2.14. The smallest absolute Gasteiger partial charge is 0.255 e. The number of ether oxygens (including phenoxy) is 2. The molecular weight excluding hydrogens is 314 g/mol. The van der Waals surface area contributed by atoms with Crippen LogP contribution in [0.1, 0.15) is 49.2 Å². The van der Waals surface area contributed by atoms with Crippen LogP contribution in [-0.2, 0) is 12.8 Å². The highest BCUT2D eigenvalue weighted by molar-refractivity contribution is 6.05. The standard InChI is InChI=1S/C21H27NO3/c1-5-15-10-9-11-16(6-2)20(15)22-21(23)17-12-13-18(24-7-3)19(14-17)25-8-4/h9-14H,5-8H2,1-4H3,(H,22,23). The number of para-hydroxylation sites is 1. The fourth-order valence-electron chi connectivity index (χ4n) is 2.78. The van der Waals surface area contributed by atoms with E-state index in [9.17, 15) is 4.79 Å². The first-order valence-corrected chi connectivity index (χ1v) is 8.96. The van der Waals surface area contributed by atoms with Gasteiger partial charge < -0.3 is 14.8 Å². The van der Waals surface area contributed by atoms with Crippen LogP contribution < -0.4 is 14.8 Å². The van der Waals surface area contributed by atoms with Crippen molar-refractivity contribution < 1.29 is 14.3 Å². The van der Waals surface area contributed by atoms with Gasteiger partial charge in [-0.2, -0.15) is 0 Å². The molecule has 4 nitrogen and oxygen atoms in total. The minimum atomic E-state index is -0.139. The molecule has 4 heteroatoms. The highest BCUT2D eigenvalue weighted by atomic mass is 16.5. The summed E-state index contributed by atoms with van der Waals surface area (Å²) in [5.74, 6) is 1.11. The van der Waals surface area contributed by atoms with Crippen LogP contribution in [0.25, 0.3) is 0 Å². The second kappa shape index (κ2) is 9.11. The molecule has 25 heavy (non-hydrogen) atoms. The number of benzene rings is 2. The predicted octanol–water partition coefficient (Wildman–Crippen LogP) is 4.86. The molecule has 0 aliphatic carbocycles. The second-order valence-electron chi connectivity index (χ2n) is 5.64. The minimum absolute atomic E-state index is 0.139. The number of aryl methyl sites for hydroxylation is 2. The summed E-state index contributed by atoms with van der Waals surface area (Å²) >= 11 is 0. The average Bonchev–Trinajstić information content (AvgIpc) is 2.63. The summed E-state index contributed by atoms with van der Waals surface area (Å²) in [5.41, 5.74) is 3.76. The van der Waals surface area contributed by atoms with E-state index in [1.165, 1.54) is 0 Å². The Labute approximate surface area is 150 Å². The number of anilines is 1. The summed E-state index contributed by atoms with van der Waals surface area (Å²) in [4.78, 5) is 12.8. The molecule has 0 aromatic heterocycles. The Morgan fingerprint density at radius 1 is 0.880 bits per heavy atom. The molecule has 0 aliphatic heterocycles. The lowest BCUT2D eigenvalue weighted by atomic mass is 10.0. The van der Waals surface area contributed by atoms with E-state index in [1.54, 1.807) is 18.2 Å². The van der Waals surface area contributed by atoms with Crippen molar-refractivity contribution in [3.05, 3.63) is 53.1 Å². The largest absolute Gasteiger partial charge is 0.490 e. The van der Waals surface area contributed by atoms with E-state index in [0.29, 0.717) is 30.3 Å². The van der Waals surface area contributed by atoms with Crippen molar-refractivity contribution in [2.24, 2.45) is 0 Å². The van der Waals surface area contributed by atoms with Crippen molar-refractivity contribution in [2.75, 3.05) is 18.5 Å². The van der Waals surface area contributed by atoms with Crippen LogP contribution >= 0.6 is 0 Å². The van der Waals surface area contributed by atoms with Crippen molar-refractivity contribution >= 4 is 11.6 Å². The zero-order valence-electron chi connectivity index (χ0n) is 15.5. The third-order valence-electron chi connectivity index (χ3n) is 4.04. The van der Waals surface area contributed by atoms with Gasteiger partial charge >= 0.3 is 0 Å². The van der Waals surface area contributed by atoms with Gasteiger partial charge in [0.1, 0.15) is 0 Å². The second-order valence-corrected chi connectivity index (χ2v) is 5.64. The summed E-state index contributed by atoms with van der Waals surface area (Å²) in [6, 6.07) is 11.4. The molecule has 1 N–H and O–H groups in total. The van der Waals surface area contributed by atoms with Crippen LogP contribution in [0.4, 0.5) is 5.69 Å². The van der Waals surface area contributed by atoms with Gasteiger partial charge in [0.15, 0.2) is 11.5 Å². The van der Waals surface area contributed by atoms with Gasteiger partial charge in [-0.15, -0.1) is 0 Å². The van der Waals surface area contributed by atoms with Crippen LogP contribution in [-0.4, -0.2) is 19.1 Å². The Kier molecular flexibility index (Phi) is 6.87. The van der Waals surface area contributed by atoms with Crippen LogP contribution in [0.2, 0.25) is 0 Å². The van der Waals surface area contributed by atoms with Crippen LogP contribution in [0.3, 0.4) is 0 Å². The highest BCUT2D eigenvalue weighted by Crippen LogP contribution is 2.29.